The lowest BCUT2D eigenvalue weighted by molar-refractivity contribution is 0.0932. The smallest absolute Gasteiger partial charge is 0.270 e. The Morgan fingerprint density at radius 1 is 1.22 bits per heavy atom. The maximum absolute atomic E-state index is 12.6. The van der Waals surface area contributed by atoms with Gasteiger partial charge in [0, 0.05) is 23.8 Å². The number of carbonyl (C=O) groups is 1. The van der Waals surface area contributed by atoms with Gasteiger partial charge in [0.05, 0.1) is 5.01 Å². The van der Waals surface area contributed by atoms with Gasteiger partial charge in [-0.2, -0.15) is 0 Å². The van der Waals surface area contributed by atoms with Gasteiger partial charge in [0.1, 0.15) is 5.69 Å². The van der Waals surface area contributed by atoms with Crippen molar-refractivity contribution in [2.75, 3.05) is 19.9 Å². The molecule has 7 heteroatoms. The lowest BCUT2D eigenvalue weighted by atomic mass is 9.69. The molecule has 0 atom stereocenters. The summed E-state index contributed by atoms with van der Waals surface area (Å²) in [6.07, 6.45) is 6.40. The van der Waals surface area contributed by atoms with Crippen LogP contribution in [0, 0.1) is 0 Å². The summed E-state index contributed by atoms with van der Waals surface area (Å²) in [7, 11) is 0. The highest BCUT2D eigenvalue weighted by atomic mass is 32.1. The van der Waals surface area contributed by atoms with Crippen LogP contribution in [0.5, 0.6) is 11.5 Å². The Labute approximate surface area is 163 Å². The zero-order chi connectivity index (χ0) is 18.7. The molecule has 0 saturated heterocycles. The molecule has 2 aliphatic rings. The molecule has 4 rings (SSSR count). The second-order valence-corrected chi connectivity index (χ2v) is 8.20. The van der Waals surface area contributed by atoms with Gasteiger partial charge in [0.2, 0.25) is 6.79 Å². The van der Waals surface area contributed by atoms with Crippen LogP contribution in [0.4, 0.5) is 0 Å². The van der Waals surface area contributed by atoms with Gasteiger partial charge in [-0.25, -0.2) is 4.98 Å². The normalized spacial score (nSPS) is 17.7. The number of nitrogens with one attached hydrogen (secondary N) is 1. The molecule has 0 bridgehead atoms. The fourth-order valence-electron chi connectivity index (χ4n) is 4.02. The maximum Gasteiger partial charge on any atom is 0.270 e. The van der Waals surface area contributed by atoms with E-state index in [1.54, 1.807) is 0 Å². The molecular weight excluding hydrogens is 362 g/mol. The molecule has 0 spiro atoms. The number of amides is 1. The van der Waals surface area contributed by atoms with Crippen LogP contribution >= 0.6 is 11.3 Å². The van der Waals surface area contributed by atoms with E-state index in [0.717, 1.165) is 29.3 Å². The third-order valence-electron chi connectivity index (χ3n) is 5.53. The Balaban J connectivity index is 1.51. The lowest BCUT2D eigenvalue weighted by Gasteiger charge is -2.38. The number of fused-ring (bicyclic) bond motifs is 1. The van der Waals surface area contributed by atoms with Crippen molar-refractivity contribution in [2.24, 2.45) is 5.73 Å². The molecule has 27 heavy (non-hydrogen) atoms. The minimum atomic E-state index is -0.111. The summed E-state index contributed by atoms with van der Waals surface area (Å²) in [5.74, 6) is 1.48. The number of nitrogens with two attached hydrogens (primary N) is 1. The molecule has 2 aromatic rings. The van der Waals surface area contributed by atoms with Gasteiger partial charge >= 0.3 is 0 Å². The number of benzene rings is 1. The van der Waals surface area contributed by atoms with Gasteiger partial charge in [-0.1, -0.05) is 25.3 Å². The summed E-state index contributed by atoms with van der Waals surface area (Å²) in [6.45, 7) is 1.43. The van der Waals surface area contributed by atoms with E-state index < -0.39 is 0 Å². The topological polar surface area (TPSA) is 86.5 Å². The highest BCUT2D eigenvalue weighted by Crippen LogP contribution is 2.43. The highest BCUT2D eigenvalue weighted by Gasteiger charge is 2.35. The first-order chi connectivity index (χ1) is 13.2. The largest absolute Gasteiger partial charge is 0.454 e. The van der Waals surface area contributed by atoms with Gasteiger partial charge in [-0.05, 0) is 37.1 Å². The van der Waals surface area contributed by atoms with Crippen LogP contribution in [-0.4, -0.2) is 30.8 Å². The van der Waals surface area contributed by atoms with Gasteiger partial charge in [-0.3, -0.25) is 4.79 Å². The minimum Gasteiger partial charge on any atom is -0.454 e. The van der Waals surface area contributed by atoms with Crippen LogP contribution in [0.2, 0.25) is 0 Å². The molecule has 3 N–H and O–H groups in total. The maximum atomic E-state index is 12.6. The highest BCUT2D eigenvalue weighted by molar-refractivity contribution is 7.09. The van der Waals surface area contributed by atoms with Crippen LogP contribution in [0.1, 0.15) is 53.2 Å². The predicted octanol–water partition coefficient (Wildman–Crippen LogP) is 3.00. The summed E-state index contributed by atoms with van der Waals surface area (Å²) in [4.78, 5) is 17.0. The number of rotatable bonds is 6. The summed E-state index contributed by atoms with van der Waals surface area (Å²) in [5.41, 5.74) is 7.21. The third kappa shape index (κ3) is 3.80. The molecule has 1 fully saturated rings. The average Bonchev–Trinajstić information content (AvgIpc) is 3.36. The standard InChI is InChI=1S/C20H25N3O3S/c21-9-6-18-23-15(11-27-18)19(24)22-12-20(7-2-1-3-8-20)14-4-5-16-17(10-14)26-13-25-16/h4-5,10-11H,1-3,6-9,12-13,21H2,(H,22,24). The van der Waals surface area contributed by atoms with Crippen molar-refractivity contribution in [1.29, 1.82) is 0 Å². The Morgan fingerprint density at radius 2 is 2.04 bits per heavy atom. The number of hydrogen-bond acceptors (Lipinski definition) is 6. The first kappa shape index (κ1) is 18.3. The van der Waals surface area contributed by atoms with Crippen molar-refractivity contribution in [3.8, 4) is 11.5 Å². The summed E-state index contributed by atoms with van der Waals surface area (Å²) >= 11 is 1.49. The van der Waals surface area contributed by atoms with Crippen LogP contribution < -0.4 is 20.5 Å². The van der Waals surface area contributed by atoms with Crippen molar-refractivity contribution >= 4 is 17.2 Å². The van der Waals surface area contributed by atoms with Crippen molar-refractivity contribution in [3.63, 3.8) is 0 Å². The molecule has 1 aliphatic carbocycles. The van der Waals surface area contributed by atoms with E-state index in [0.29, 0.717) is 25.2 Å². The summed E-state index contributed by atoms with van der Waals surface area (Å²) < 4.78 is 11.0. The Morgan fingerprint density at radius 3 is 2.85 bits per heavy atom. The van der Waals surface area contributed by atoms with Crippen LogP contribution in [0.25, 0.3) is 0 Å². The molecule has 6 nitrogen and oxygen atoms in total. The monoisotopic (exact) mass is 387 g/mol. The Bertz CT molecular complexity index is 815. The molecule has 1 aromatic heterocycles. The van der Waals surface area contributed by atoms with E-state index in [9.17, 15) is 4.79 Å². The molecule has 1 aliphatic heterocycles. The number of ether oxygens (including phenoxy) is 2. The quantitative estimate of drug-likeness (QED) is 0.796. The van der Waals surface area contributed by atoms with E-state index in [-0.39, 0.29) is 18.1 Å². The van der Waals surface area contributed by atoms with E-state index >= 15 is 0 Å². The van der Waals surface area contributed by atoms with Gasteiger partial charge < -0.3 is 20.5 Å². The Kier molecular flexibility index (Phi) is 5.31. The molecule has 1 amide bonds. The summed E-state index contributed by atoms with van der Waals surface area (Å²) in [6, 6.07) is 6.19. The zero-order valence-electron chi connectivity index (χ0n) is 15.3. The molecule has 0 radical (unpaired) electrons. The van der Waals surface area contributed by atoms with Crippen LogP contribution in [0.3, 0.4) is 0 Å². The van der Waals surface area contributed by atoms with Gasteiger partial charge in [0.15, 0.2) is 11.5 Å². The lowest BCUT2D eigenvalue weighted by Crippen LogP contribution is -2.42. The first-order valence-electron chi connectivity index (χ1n) is 9.53. The second kappa shape index (κ2) is 7.86. The van der Waals surface area contributed by atoms with E-state index in [4.69, 9.17) is 15.2 Å². The number of hydrogen-bond donors (Lipinski definition) is 2. The van der Waals surface area contributed by atoms with Crippen molar-refractivity contribution in [1.82, 2.24) is 10.3 Å². The van der Waals surface area contributed by atoms with Crippen LogP contribution in [0.15, 0.2) is 23.6 Å². The zero-order valence-corrected chi connectivity index (χ0v) is 16.1. The average molecular weight is 388 g/mol. The third-order valence-corrected chi connectivity index (χ3v) is 6.43. The van der Waals surface area contributed by atoms with Crippen LogP contribution in [-0.2, 0) is 11.8 Å². The van der Waals surface area contributed by atoms with Crippen molar-refractivity contribution < 1.29 is 14.3 Å². The molecule has 0 unspecified atom stereocenters. The molecule has 1 saturated carbocycles. The number of nitrogens with zero attached hydrogens (tertiary/aromatic N) is 1. The number of carbonyl (C=O) groups excluding carboxylic acids is 1. The van der Waals surface area contributed by atoms with E-state index in [1.165, 1.54) is 36.2 Å². The first-order valence-corrected chi connectivity index (χ1v) is 10.4. The van der Waals surface area contributed by atoms with E-state index in [2.05, 4.69) is 22.4 Å². The molecule has 1 aromatic carbocycles. The van der Waals surface area contributed by atoms with Crippen molar-refractivity contribution in [3.05, 3.63) is 39.8 Å². The second-order valence-electron chi connectivity index (χ2n) is 7.26. The molecular formula is C20H25N3O3S. The summed E-state index contributed by atoms with van der Waals surface area (Å²) in [5, 5.41) is 5.86. The number of thiazole rings is 1. The number of aromatic nitrogens is 1. The molecule has 144 valence electrons. The van der Waals surface area contributed by atoms with E-state index in [1.807, 2.05) is 11.4 Å². The van der Waals surface area contributed by atoms with Gasteiger partial charge in [-0.15, -0.1) is 11.3 Å². The fourth-order valence-corrected chi connectivity index (χ4v) is 4.81. The van der Waals surface area contributed by atoms with Crippen molar-refractivity contribution in [2.45, 2.75) is 43.9 Å². The Hall–Kier alpha value is -2.12. The van der Waals surface area contributed by atoms with Gasteiger partial charge in [0.25, 0.3) is 5.91 Å². The SMILES string of the molecule is NCCc1nc(C(=O)NCC2(c3ccc4c(c3)OCO4)CCCCC2)cs1. The fraction of sp³-hybridized carbons (Fsp3) is 0.500. The molecule has 2 heterocycles. The minimum absolute atomic E-state index is 0.0645. The predicted molar refractivity (Wildman–Crippen MR) is 105 cm³/mol.